The van der Waals surface area contributed by atoms with Gasteiger partial charge < -0.3 is 23.7 Å². The highest BCUT2D eigenvalue weighted by atomic mass is 16.8. The van der Waals surface area contributed by atoms with E-state index < -0.39 is 17.9 Å². The van der Waals surface area contributed by atoms with Gasteiger partial charge in [-0.25, -0.2) is 4.79 Å². The Labute approximate surface area is 110 Å². The Morgan fingerprint density at radius 1 is 1.21 bits per heavy atom. The van der Waals surface area contributed by atoms with Crippen molar-refractivity contribution in [3.05, 3.63) is 23.7 Å². The van der Waals surface area contributed by atoms with Crippen LogP contribution in [0.1, 0.15) is 13.8 Å². The Morgan fingerprint density at radius 2 is 1.95 bits per heavy atom. The number of hydrogen-bond acceptors (Lipinski definition) is 6. The largest absolute Gasteiger partial charge is 0.486 e. The zero-order valence-electron chi connectivity index (χ0n) is 10.9. The predicted octanol–water partition coefficient (Wildman–Crippen LogP) is 0.878. The minimum atomic E-state index is -0.678. The Kier molecular flexibility index (Phi) is 2.99. The molecule has 0 aromatic heterocycles. The standard InChI is InChI=1S/C13H16O6/c1-13(2)17-7-8(19-13)9-10-11(12(14)18-9)16-6-4-3-5-15-10/h3-4,8-9H,5-7H2,1-2H3/b4-3-/t8-,9+/m0/s1. The molecule has 0 aromatic carbocycles. The quantitative estimate of drug-likeness (QED) is 0.519. The van der Waals surface area contributed by atoms with Crippen LogP contribution in [0.15, 0.2) is 23.7 Å². The maximum Gasteiger partial charge on any atom is 0.378 e. The first-order chi connectivity index (χ1) is 9.07. The molecule has 3 heterocycles. The maximum absolute atomic E-state index is 11.8. The molecule has 19 heavy (non-hydrogen) atoms. The van der Waals surface area contributed by atoms with Crippen LogP contribution in [0.4, 0.5) is 0 Å². The molecule has 0 aliphatic carbocycles. The summed E-state index contributed by atoms with van der Waals surface area (Å²) in [5.41, 5.74) is 0. The van der Waals surface area contributed by atoms with Gasteiger partial charge in [-0.3, -0.25) is 0 Å². The lowest BCUT2D eigenvalue weighted by Crippen LogP contribution is -2.33. The van der Waals surface area contributed by atoms with Crippen molar-refractivity contribution in [1.82, 2.24) is 0 Å². The first-order valence-electron chi connectivity index (χ1n) is 6.24. The van der Waals surface area contributed by atoms with Crippen molar-refractivity contribution in [3.63, 3.8) is 0 Å². The van der Waals surface area contributed by atoms with E-state index in [2.05, 4.69) is 0 Å². The molecule has 3 aliphatic heterocycles. The highest BCUT2D eigenvalue weighted by molar-refractivity contribution is 5.89. The van der Waals surface area contributed by atoms with E-state index >= 15 is 0 Å². The third-order valence-electron chi connectivity index (χ3n) is 3.10. The fourth-order valence-electron chi connectivity index (χ4n) is 2.24. The number of ether oxygens (including phenoxy) is 5. The van der Waals surface area contributed by atoms with Gasteiger partial charge in [0, 0.05) is 0 Å². The number of carbonyl (C=O) groups is 1. The normalized spacial score (nSPS) is 34.7. The molecule has 0 amide bonds. The molecule has 0 radical (unpaired) electrons. The van der Waals surface area contributed by atoms with Crippen molar-refractivity contribution in [2.45, 2.75) is 31.8 Å². The summed E-state index contributed by atoms with van der Waals surface area (Å²) in [5, 5.41) is 0. The van der Waals surface area contributed by atoms with Crippen LogP contribution in [0.2, 0.25) is 0 Å². The van der Waals surface area contributed by atoms with E-state index in [0.29, 0.717) is 25.6 Å². The van der Waals surface area contributed by atoms with Gasteiger partial charge in [0.1, 0.15) is 19.3 Å². The van der Waals surface area contributed by atoms with Gasteiger partial charge in [-0.05, 0) is 26.0 Å². The van der Waals surface area contributed by atoms with Crippen LogP contribution in [-0.4, -0.2) is 43.8 Å². The molecule has 1 saturated heterocycles. The summed E-state index contributed by atoms with van der Waals surface area (Å²) in [4.78, 5) is 11.8. The average molecular weight is 268 g/mol. The molecule has 0 saturated carbocycles. The molecule has 3 rings (SSSR count). The van der Waals surface area contributed by atoms with E-state index in [9.17, 15) is 4.79 Å². The van der Waals surface area contributed by atoms with Gasteiger partial charge in [0.05, 0.1) is 6.61 Å². The third kappa shape index (κ3) is 2.33. The van der Waals surface area contributed by atoms with Gasteiger partial charge in [-0.1, -0.05) is 0 Å². The highest BCUT2D eigenvalue weighted by Crippen LogP contribution is 2.34. The summed E-state index contributed by atoms with van der Waals surface area (Å²) >= 11 is 0. The third-order valence-corrected chi connectivity index (χ3v) is 3.10. The lowest BCUT2D eigenvalue weighted by atomic mass is 10.2. The molecule has 0 unspecified atom stereocenters. The molecule has 104 valence electrons. The van der Waals surface area contributed by atoms with Gasteiger partial charge in [-0.2, -0.15) is 0 Å². The van der Waals surface area contributed by atoms with Gasteiger partial charge in [0.25, 0.3) is 0 Å². The molecule has 2 atom stereocenters. The monoisotopic (exact) mass is 268 g/mol. The second-order valence-electron chi connectivity index (χ2n) is 4.98. The minimum absolute atomic E-state index is 0.141. The van der Waals surface area contributed by atoms with Crippen LogP contribution >= 0.6 is 0 Å². The summed E-state index contributed by atoms with van der Waals surface area (Å²) in [6.07, 6.45) is 2.65. The number of rotatable bonds is 1. The van der Waals surface area contributed by atoms with Gasteiger partial charge >= 0.3 is 5.97 Å². The van der Waals surface area contributed by atoms with Gasteiger partial charge in [0.15, 0.2) is 17.7 Å². The molecule has 3 aliphatic rings. The van der Waals surface area contributed by atoms with Crippen molar-refractivity contribution in [1.29, 1.82) is 0 Å². The topological polar surface area (TPSA) is 63.2 Å². The summed E-state index contributed by atoms with van der Waals surface area (Å²) in [6.45, 7) is 4.69. The van der Waals surface area contributed by atoms with Crippen molar-refractivity contribution in [2.75, 3.05) is 19.8 Å². The summed E-state index contributed by atoms with van der Waals surface area (Å²) in [7, 11) is 0. The Balaban J connectivity index is 1.81. The van der Waals surface area contributed by atoms with Crippen LogP contribution in [-0.2, 0) is 28.5 Å². The zero-order chi connectivity index (χ0) is 13.5. The molecule has 6 nitrogen and oxygen atoms in total. The molecule has 0 N–H and O–H groups in total. The van der Waals surface area contributed by atoms with Crippen LogP contribution in [0.3, 0.4) is 0 Å². The molecule has 1 fully saturated rings. The fourth-order valence-corrected chi connectivity index (χ4v) is 2.24. The predicted molar refractivity (Wildman–Crippen MR) is 62.9 cm³/mol. The summed E-state index contributed by atoms with van der Waals surface area (Å²) in [6, 6.07) is 0. The number of esters is 1. The first-order valence-corrected chi connectivity index (χ1v) is 6.24. The van der Waals surface area contributed by atoms with Crippen molar-refractivity contribution in [3.8, 4) is 0 Å². The average Bonchev–Trinajstić information content (AvgIpc) is 2.79. The Bertz CT molecular complexity index is 450. The second-order valence-corrected chi connectivity index (χ2v) is 4.98. The van der Waals surface area contributed by atoms with Crippen LogP contribution in [0.25, 0.3) is 0 Å². The maximum atomic E-state index is 11.8. The molecule has 0 aromatic rings. The highest BCUT2D eigenvalue weighted by Gasteiger charge is 2.48. The SMILES string of the molecule is CC1(C)OC[C@@H]([C@H]2OC(=O)C3=C2OC/C=C\CO3)O1. The lowest BCUT2D eigenvalue weighted by Gasteiger charge is -2.21. The smallest absolute Gasteiger partial charge is 0.378 e. The van der Waals surface area contributed by atoms with Crippen LogP contribution in [0.5, 0.6) is 0 Å². The van der Waals surface area contributed by atoms with Crippen molar-refractivity contribution in [2.24, 2.45) is 0 Å². The van der Waals surface area contributed by atoms with Crippen molar-refractivity contribution < 1.29 is 28.5 Å². The van der Waals surface area contributed by atoms with Crippen LogP contribution < -0.4 is 0 Å². The molecular weight excluding hydrogens is 252 g/mol. The summed E-state index contributed by atoms with van der Waals surface area (Å²) in [5.74, 6) is -0.644. The number of hydrogen-bond donors (Lipinski definition) is 0. The second kappa shape index (κ2) is 4.54. The van der Waals surface area contributed by atoms with E-state index in [1.807, 2.05) is 19.9 Å². The molecule has 6 heteroatoms. The zero-order valence-corrected chi connectivity index (χ0v) is 10.9. The van der Waals surface area contributed by atoms with Gasteiger partial charge in [0.2, 0.25) is 5.76 Å². The molecule has 0 spiro atoms. The van der Waals surface area contributed by atoms with Gasteiger partial charge in [-0.15, -0.1) is 0 Å². The lowest BCUT2D eigenvalue weighted by molar-refractivity contribution is -0.163. The van der Waals surface area contributed by atoms with Crippen molar-refractivity contribution >= 4 is 5.97 Å². The molecule has 0 bridgehead atoms. The van der Waals surface area contributed by atoms with E-state index in [1.165, 1.54) is 0 Å². The van der Waals surface area contributed by atoms with E-state index in [0.717, 1.165) is 0 Å². The number of carbonyl (C=O) groups excluding carboxylic acids is 1. The Hall–Kier alpha value is -1.53. The minimum Gasteiger partial charge on any atom is -0.486 e. The van der Waals surface area contributed by atoms with E-state index in [-0.39, 0.29) is 11.9 Å². The van der Waals surface area contributed by atoms with Crippen LogP contribution in [0, 0.1) is 0 Å². The first kappa shape index (κ1) is 12.5. The van der Waals surface area contributed by atoms with E-state index in [1.54, 1.807) is 6.08 Å². The Morgan fingerprint density at radius 3 is 2.63 bits per heavy atom. The summed E-state index contributed by atoms with van der Waals surface area (Å²) < 4.78 is 27.4. The molecular formula is C13H16O6. The number of cyclic esters (lactones) is 1. The fraction of sp³-hybridized carbons (Fsp3) is 0.615. The van der Waals surface area contributed by atoms with E-state index in [4.69, 9.17) is 23.7 Å².